The fourth-order valence-corrected chi connectivity index (χ4v) is 1.83. The minimum Gasteiger partial charge on any atom is -0.481 e. The Morgan fingerprint density at radius 1 is 1.54 bits per heavy atom. The number of methoxy groups -OCH3 is 1. The highest BCUT2D eigenvalue weighted by Gasteiger charge is 2.38. The molecule has 0 radical (unpaired) electrons. The highest BCUT2D eigenvalue weighted by molar-refractivity contribution is 5.74. The van der Waals surface area contributed by atoms with E-state index in [0.29, 0.717) is 19.4 Å². The SMILES string of the molecule is COCC1(C(=O)O)CCCNCC1. The maximum Gasteiger partial charge on any atom is 0.312 e. The first-order valence-electron chi connectivity index (χ1n) is 4.64. The van der Waals surface area contributed by atoms with Crippen LogP contribution in [0.2, 0.25) is 0 Å². The van der Waals surface area contributed by atoms with Crippen LogP contribution in [-0.4, -0.2) is 37.9 Å². The molecule has 0 amide bonds. The largest absolute Gasteiger partial charge is 0.481 e. The molecule has 0 aromatic carbocycles. The van der Waals surface area contributed by atoms with E-state index >= 15 is 0 Å². The van der Waals surface area contributed by atoms with E-state index < -0.39 is 11.4 Å². The zero-order valence-electron chi connectivity index (χ0n) is 8.01. The molecule has 1 atom stereocenters. The summed E-state index contributed by atoms with van der Waals surface area (Å²) in [4.78, 5) is 11.1. The van der Waals surface area contributed by atoms with Crippen LogP contribution in [0.15, 0.2) is 0 Å². The predicted molar refractivity (Wildman–Crippen MR) is 48.7 cm³/mol. The smallest absolute Gasteiger partial charge is 0.312 e. The average Bonchev–Trinajstić information content (AvgIpc) is 2.31. The lowest BCUT2D eigenvalue weighted by Gasteiger charge is -2.26. The van der Waals surface area contributed by atoms with Crippen LogP contribution in [0, 0.1) is 5.41 Å². The summed E-state index contributed by atoms with van der Waals surface area (Å²) in [5.74, 6) is -0.724. The molecule has 1 heterocycles. The normalized spacial score (nSPS) is 29.6. The molecule has 1 aliphatic heterocycles. The molecule has 2 N–H and O–H groups in total. The van der Waals surface area contributed by atoms with Crippen molar-refractivity contribution in [3.8, 4) is 0 Å². The quantitative estimate of drug-likeness (QED) is 0.674. The number of ether oxygens (including phenoxy) is 1. The van der Waals surface area contributed by atoms with E-state index in [1.54, 1.807) is 7.11 Å². The molecular weight excluding hydrogens is 170 g/mol. The minimum atomic E-state index is -0.724. The van der Waals surface area contributed by atoms with Gasteiger partial charge in [0.05, 0.1) is 12.0 Å². The molecule has 1 unspecified atom stereocenters. The zero-order chi connectivity index (χ0) is 9.73. The molecule has 0 bridgehead atoms. The molecule has 0 aromatic rings. The lowest BCUT2D eigenvalue weighted by molar-refractivity contribution is -0.153. The Morgan fingerprint density at radius 3 is 2.92 bits per heavy atom. The van der Waals surface area contributed by atoms with Crippen LogP contribution < -0.4 is 5.32 Å². The van der Waals surface area contributed by atoms with Gasteiger partial charge in [-0.15, -0.1) is 0 Å². The van der Waals surface area contributed by atoms with E-state index in [0.717, 1.165) is 19.5 Å². The van der Waals surface area contributed by atoms with Crippen LogP contribution in [-0.2, 0) is 9.53 Å². The summed E-state index contributed by atoms with van der Waals surface area (Å²) in [6.45, 7) is 2.01. The van der Waals surface area contributed by atoms with Gasteiger partial charge in [-0.05, 0) is 32.4 Å². The molecule has 1 fully saturated rings. The number of hydrogen-bond donors (Lipinski definition) is 2. The van der Waals surface area contributed by atoms with E-state index in [1.807, 2.05) is 0 Å². The van der Waals surface area contributed by atoms with E-state index in [1.165, 1.54) is 0 Å². The van der Waals surface area contributed by atoms with Gasteiger partial charge < -0.3 is 15.2 Å². The monoisotopic (exact) mass is 187 g/mol. The molecule has 1 aliphatic rings. The lowest BCUT2D eigenvalue weighted by atomic mass is 9.81. The summed E-state index contributed by atoms with van der Waals surface area (Å²) in [6.07, 6.45) is 2.29. The Bertz CT molecular complexity index is 174. The number of carboxylic acid groups (broad SMARTS) is 1. The van der Waals surface area contributed by atoms with Crippen molar-refractivity contribution in [1.29, 1.82) is 0 Å². The van der Waals surface area contributed by atoms with Crippen LogP contribution in [0.5, 0.6) is 0 Å². The van der Waals surface area contributed by atoms with Crippen LogP contribution >= 0.6 is 0 Å². The Balaban J connectivity index is 2.67. The van der Waals surface area contributed by atoms with Crippen molar-refractivity contribution >= 4 is 5.97 Å². The van der Waals surface area contributed by atoms with Crippen LogP contribution in [0.25, 0.3) is 0 Å². The first-order chi connectivity index (χ1) is 6.21. The first-order valence-corrected chi connectivity index (χ1v) is 4.64. The number of carbonyl (C=O) groups is 1. The fourth-order valence-electron chi connectivity index (χ4n) is 1.83. The molecule has 4 nitrogen and oxygen atoms in total. The summed E-state index contributed by atoms with van der Waals surface area (Å²) >= 11 is 0. The zero-order valence-corrected chi connectivity index (χ0v) is 8.01. The molecule has 13 heavy (non-hydrogen) atoms. The maximum atomic E-state index is 11.1. The Hall–Kier alpha value is -0.610. The summed E-state index contributed by atoms with van der Waals surface area (Å²) in [5, 5.41) is 12.3. The molecule has 76 valence electrons. The third-order valence-electron chi connectivity index (χ3n) is 2.66. The number of hydrogen-bond acceptors (Lipinski definition) is 3. The van der Waals surface area contributed by atoms with Gasteiger partial charge in [0.25, 0.3) is 0 Å². The van der Waals surface area contributed by atoms with Crippen molar-refractivity contribution < 1.29 is 14.6 Å². The van der Waals surface area contributed by atoms with E-state index in [-0.39, 0.29) is 0 Å². The van der Waals surface area contributed by atoms with Crippen LogP contribution in [0.3, 0.4) is 0 Å². The second-order valence-electron chi connectivity index (χ2n) is 3.62. The molecule has 1 saturated heterocycles. The second-order valence-corrected chi connectivity index (χ2v) is 3.62. The van der Waals surface area contributed by atoms with E-state index in [4.69, 9.17) is 9.84 Å². The minimum absolute atomic E-state index is 0.323. The molecule has 4 heteroatoms. The van der Waals surface area contributed by atoms with Crippen molar-refractivity contribution in [1.82, 2.24) is 5.32 Å². The Kier molecular flexibility index (Phi) is 3.69. The van der Waals surface area contributed by atoms with Crippen molar-refractivity contribution in [3.63, 3.8) is 0 Å². The van der Waals surface area contributed by atoms with Crippen molar-refractivity contribution in [2.45, 2.75) is 19.3 Å². The summed E-state index contributed by atoms with van der Waals surface area (Å²) in [5.41, 5.74) is -0.655. The van der Waals surface area contributed by atoms with Gasteiger partial charge in [0.2, 0.25) is 0 Å². The topological polar surface area (TPSA) is 58.6 Å². The summed E-state index contributed by atoms with van der Waals surface area (Å²) < 4.78 is 4.99. The van der Waals surface area contributed by atoms with Crippen LogP contribution in [0.4, 0.5) is 0 Å². The van der Waals surface area contributed by atoms with Gasteiger partial charge in [0.15, 0.2) is 0 Å². The molecule has 0 spiro atoms. The number of carboxylic acids is 1. The van der Waals surface area contributed by atoms with Gasteiger partial charge >= 0.3 is 5.97 Å². The summed E-state index contributed by atoms with van der Waals surface area (Å²) in [6, 6.07) is 0. The lowest BCUT2D eigenvalue weighted by Crippen LogP contribution is -2.36. The third-order valence-corrected chi connectivity index (χ3v) is 2.66. The van der Waals surface area contributed by atoms with Gasteiger partial charge in [0.1, 0.15) is 0 Å². The van der Waals surface area contributed by atoms with Crippen LogP contribution in [0.1, 0.15) is 19.3 Å². The molecule has 0 saturated carbocycles. The highest BCUT2D eigenvalue weighted by Crippen LogP contribution is 2.30. The van der Waals surface area contributed by atoms with Crippen molar-refractivity contribution in [2.75, 3.05) is 26.8 Å². The van der Waals surface area contributed by atoms with Gasteiger partial charge in [-0.25, -0.2) is 0 Å². The average molecular weight is 187 g/mol. The van der Waals surface area contributed by atoms with E-state index in [2.05, 4.69) is 5.32 Å². The Morgan fingerprint density at radius 2 is 2.31 bits per heavy atom. The summed E-state index contributed by atoms with van der Waals surface area (Å²) in [7, 11) is 1.56. The number of nitrogens with one attached hydrogen (secondary N) is 1. The first kappa shape index (κ1) is 10.5. The standard InChI is InChI=1S/C9H17NO3/c1-13-7-9(8(11)12)3-2-5-10-6-4-9/h10H,2-7H2,1H3,(H,11,12). The van der Waals surface area contributed by atoms with Gasteiger partial charge in [-0.2, -0.15) is 0 Å². The molecule has 0 aliphatic carbocycles. The van der Waals surface area contributed by atoms with Gasteiger partial charge in [-0.1, -0.05) is 0 Å². The third kappa shape index (κ3) is 2.42. The van der Waals surface area contributed by atoms with Crippen molar-refractivity contribution in [2.24, 2.45) is 5.41 Å². The van der Waals surface area contributed by atoms with Crippen molar-refractivity contribution in [3.05, 3.63) is 0 Å². The number of aliphatic carboxylic acids is 1. The fraction of sp³-hybridized carbons (Fsp3) is 0.889. The van der Waals surface area contributed by atoms with E-state index in [9.17, 15) is 4.79 Å². The molecule has 0 aromatic heterocycles. The number of rotatable bonds is 3. The molecular formula is C9H17NO3. The van der Waals surface area contributed by atoms with Gasteiger partial charge in [-0.3, -0.25) is 4.79 Å². The van der Waals surface area contributed by atoms with Gasteiger partial charge in [0, 0.05) is 7.11 Å². The maximum absolute atomic E-state index is 11.1. The predicted octanol–water partition coefficient (Wildman–Crippen LogP) is 0.477. The highest BCUT2D eigenvalue weighted by atomic mass is 16.5. The second kappa shape index (κ2) is 4.58. The molecule has 1 rings (SSSR count). The Labute approximate surface area is 78.3 Å².